The van der Waals surface area contributed by atoms with Gasteiger partial charge < -0.3 is 15.2 Å². The SMILES string of the molecule is C=CCn1c(CNC(=O)c2ccccc2)nnc1SCC(=O)Nc1sc2c(c1C#N)CCCC2. The fraction of sp³-hybridized carbons (Fsp3) is 0.292. The topological polar surface area (TPSA) is 113 Å². The monoisotopic (exact) mass is 492 g/mol. The number of aryl methyl sites for hydroxylation is 1. The van der Waals surface area contributed by atoms with Gasteiger partial charge in [-0.05, 0) is 43.4 Å². The molecule has 2 amide bonds. The molecule has 2 heterocycles. The molecule has 0 spiro atoms. The van der Waals surface area contributed by atoms with Gasteiger partial charge in [0.25, 0.3) is 5.91 Å². The molecule has 10 heteroatoms. The Labute approximate surface area is 206 Å². The van der Waals surface area contributed by atoms with Gasteiger partial charge in [0.2, 0.25) is 5.91 Å². The summed E-state index contributed by atoms with van der Waals surface area (Å²) in [6.45, 7) is 4.43. The summed E-state index contributed by atoms with van der Waals surface area (Å²) in [6, 6.07) is 11.2. The molecule has 0 unspecified atom stereocenters. The number of carbonyl (C=O) groups is 2. The lowest BCUT2D eigenvalue weighted by Crippen LogP contribution is -2.24. The molecule has 174 valence electrons. The van der Waals surface area contributed by atoms with Gasteiger partial charge in [0.15, 0.2) is 11.0 Å². The Balaban J connectivity index is 1.38. The number of anilines is 1. The molecule has 3 aromatic rings. The third-order valence-electron chi connectivity index (χ3n) is 5.42. The molecule has 0 bridgehead atoms. The summed E-state index contributed by atoms with van der Waals surface area (Å²) in [4.78, 5) is 26.2. The average molecular weight is 493 g/mol. The maximum Gasteiger partial charge on any atom is 0.251 e. The van der Waals surface area contributed by atoms with Crippen LogP contribution in [0.3, 0.4) is 0 Å². The second-order valence-electron chi connectivity index (χ2n) is 7.71. The molecule has 1 aromatic carbocycles. The number of fused-ring (bicyclic) bond motifs is 1. The summed E-state index contributed by atoms with van der Waals surface area (Å²) in [7, 11) is 0. The summed E-state index contributed by atoms with van der Waals surface area (Å²) in [5.41, 5.74) is 2.26. The number of nitrogens with zero attached hydrogens (tertiary/aromatic N) is 4. The average Bonchev–Trinajstić information content (AvgIpc) is 3.41. The molecule has 1 aliphatic carbocycles. The first kappa shape index (κ1) is 23.7. The lowest BCUT2D eigenvalue weighted by atomic mass is 9.96. The van der Waals surface area contributed by atoms with Gasteiger partial charge in [-0.2, -0.15) is 5.26 Å². The van der Waals surface area contributed by atoms with Crippen molar-refractivity contribution in [3.63, 3.8) is 0 Å². The van der Waals surface area contributed by atoms with Gasteiger partial charge in [-0.3, -0.25) is 9.59 Å². The second-order valence-corrected chi connectivity index (χ2v) is 9.76. The molecule has 0 fully saturated rings. The van der Waals surface area contributed by atoms with Crippen LogP contribution in [0.4, 0.5) is 5.00 Å². The van der Waals surface area contributed by atoms with Crippen molar-refractivity contribution in [3.8, 4) is 6.07 Å². The van der Waals surface area contributed by atoms with Crippen molar-refractivity contribution >= 4 is 39.9 Å². The number of benzene rings is 1. The third-order valence-corrected chi connectivity index (χ3v) is 7.59. The van der Waals surface area contributed by atoms with Crippen molar-refractivity contribution in [2.75, 3.05) is 11.1 Å². The van der Waals surface area contributed by atoms with E-state index in [0.717, 1.165) is 31.2 Å². The van der Waals surface area contributed by atoms with Crippen molar-refractivity contribution in [2.24, 2.45) is 0 Å². The minimum Gasteiger partial charge on any atom is -0.345 e. The van der Waals surface area contributed by atoms with Crippen LogP contribution in [0.25, 0.3) is 0 Å². The zero-order valence-corrected chi connectivity index (χ0v) is 20.2. The normalized spacial score (nSPS) is 12.4. The number of nitriles is 1. The van der Waals surface area contributed by atoms with E-state index in [1.165, 1.54) is 28.0 Å². The maximum atomic E-state index is 12.6. The van der Waals surface area contributed by atoms with Crippen LogP contribution in [0.2, 0.25) is 0 Å². The highest BCUT2D eigenvalue weighted by molar-refractivity contribution is 7.99. The number of hydrogen-bond acceptors (Lipinski definition) is 7. The molecule has 2 N–H and O–H groups in total. The van der Waals surface area contributed by atoms with E-state index in [0.29, 0.717) is 33.7 Å². The Kier molecular flexibility index (Phi) is 7.77. The molecule has 34 heavy (non-hydrogen) atoms. The number of amides is 2. The largest absolute Gasteiger partial charge is 0.345 e. The predicted molar refractivity (Wildman–Crippen MR) is 133 cm³/mol. The van der Waals surface area contributed by atoms with Gasteiger partial charge in [0.05, 0.1) is 17.9 Å². The molecule has 8 nitrogen and oxygen atoms in total. The summed E-state index contributed by atoms with van der Waals surface area (Å²) in [5, 5.41) is 24.9. The third kappa shape index (κ3) is 5.38. The van der Waals surface area contributed by atoms with Gasteiger partial charge in [-0.15, -0.1) is 28.1 Å². The highest BCUT2D eigenvalue weighted by Crippen LogP contribution is 2.37. The van der Waals surface area contributed by atoms with Gasteiger partial charge in [0.1, 0.15) is 11.1 Å². The summed E-state index contributed by atoms with van der Waals surface area (Å²) < 4.78 is 1.82. The van der Waals surface area contributed by atoms with Crippen molar-refractivity contribution in [2.45, 2.75) is 43.9 Å². The quantitative estimate of drug-likeness (QED) is 0.346. The van der Waals surface area contributed by atoms with Gasteiger partial charge >= 0.3 is 0 Å². The minimum absolute atomic E-state index is 0.124. The molecule has 4 rings (SSSR count). The Bertz CT molecular complexity index is 1240. The van der Waals surface area contributed by atoms with Crippen molar-refractivity contribution in [3.05, 3.63) is 70.4 Å². The van der Waals surface area contributed by atoms with Crippen LogP contribution < -0.4 is 10.6 Å². The summed E-state index contributed by atoms with van der Waals surface area (Å²) in [6.07, 6.45) is 5.77. The van der Waals surface area contributed by atoms with Gasteiger partial charge in [0, 0.05) is 17.0 Å². The fourth-order valence-corrected chi connectivity index (χ4v) is 5.81. The van der Waals surface area contributed by atoms with Crippen molar-refractivity contribution in [1.29, 1.82) is 5.26 Å². The van der Waals surface area contributed by atoms with E-state index in [2.05, 4.69) is 33.5 Å². The Hall–Kier alpha value is -3.42. The lowest BCUT2D eigenvalue weighted by Gasteiger charge is -2.09. The van der Waals surface area contributed by atoms with Crippen molar-refractivity contribution < 1.29 is 9.59 Å². The molecule has 0 atom stereocenters. The predicted octanol–water partition coefficient (Wildman–Crippen LogP) is 3.94. The zero-order valence-electron chi connectivity index (χ0n) is 18.5. The highest BCUT2D eigenvalue weighted by atomic mass is 32.2. The molecule has 0 aliphatic heterocycles. The molecular weight excluding hydrogens is 468 g/mol. The van der Waals surface area contributed by atoms with Crippen LogP contribution in [-0.4, -0.2) is 32.3 Å². The number of allylic oxidation sites excluding steroid dienone is 1. The van der Waals surface area contributed by atoms with Crippen LogP contribution in [-0.2, 0) is 30.7 Å². The lowest BCUT2D eigenvalue weighted by molar-refractivity contribution is -0.113. The van der Waals surface area contributed by atoms with E-state index in [9.17, 15) is 14.9 Å². The number of carbonyl (C=O) groups excluding carboxylic acids is 2. The zero-order chi connectivity index (χ0) is 23.9. The molecule has 1 aliphatic rings. The standard InChI is InChI=1S/C24H24N6O2S2/c1-2-12-30-20(14-26-22(32)16-8-4-3-5-9-16)28-29-24(30)33-15-21(31)27-23-18(13-25)17-10-6-7-11-19(17)34-23/h2-5,8-9H,1,6-7,10-12,14-15H2,(H,26,32)(H,27,31). The number of rotatable bonds is 9. The maximum absolute atomic E-state index is 12.6. The number of aromatic nitrogens is 3. The Morgan fingerprint density at radius 2 is 2.03 bits per heavy atom. The van der Waals surface area contributed by atoms with E-state index in [1.54, 1.807) is 30.3 Å². The summed E-state index contributed by atoms with van der Waals surface area (Å²) >= 11 is 2.76. The smallest absolute Gasteiger partial charge is 0.251 e. The fourth-order valence-electron chi connectivity index (χ4n) is 3.78. The van der Waals surface area contributed by atoms with Crippen LogP contribution in [0.1, 0.15) is 45.0 Å². The minimum atomic E-state index is -0.202. The van der Waals surface area contributed by atoms with E-state index in [-0.39, 0.29) is 24.1 Å². The van der Waals surface area contributed by atoms with Crippen LogP contribution in [0, 0.1) is 11.3 Å². The van der Waals surface area contributed by atoms with Crippen molar-refractivity contribution in [1.82, 2.24) is 20.1 Å². The van der Waals surface area contributed by atoms with Crippen LogP contribution in [0.5, 0.6) is 0 Å². The van der Waals surface area contributed by atoms with Gasteiger partial charge in [-0.25, -0.2) is 0 Å². The first-order valence-corrected chi connectivity index (χ1v) is 12.7. The number of hydrogen-bond donors (Lipinski definition) is 2. The molecule has 2 aromatic heterocycles. The number of nitrogens with one attached hydrogen (secondary N) is 2. The number of thiophene rings is 1. The molecule has 0 saturated heterocycles. The highest BCUT2D eigenvalue weighted by Gasteiger charge is 2.22. The Morgan fingerprint density at radius 1 is 1.24 bits per heavy atom. The molecule has 0 radical (unpaired) electrons. The Morgan fingerprint density at radius 3 is 2.79 bits per heavy atom. The molecule has 0 saturated carbocycles. The van der Waals surface area contributed by atoms with Crippen LogP contribution in [0.15, 0.2) is 48.1 Å². The van der Waals surface area contributed by atoms with E-state index >= 15 is 0 Å². The first-order valence-electron chi connectivity index (χ1n) is 10.9. The van der Waals surface area contributed by atoms with E-state index in [1.807, 2.05) is 10.6 Å². The van der Waals surface area contributed by atoms with Gasteiger partial charge in [-0.1, -0.05) is 36.0 Å². The van der Waals surface area contributed by atoms with E-state index in [4.69, 9.17) is 0 Å². The van der Waals surface area contributed by atoms with E-state index < -0.39 is 0 Å². The number of thioether (sulfide) groups is 1. The summed E-state index contributed by atoms with van der Waals surface area (Å²) in [5.74, 6) is 0.297. The molecular formula is C24H24N6O2S2. The second kappa shape index (κ2) is 11.1. The van der Waals surface area contributed by atoms with Crippen LogP contribution >= 0.6 is 23.1 Å². The first-order chi connectivity index (χ1) is 16.6.